The first-order chi connectivity index (χ1) is 31.9. The van der Waals surface area contributed by atoms with Crippen molar-refractivity contribution in [2.24, 2.45) is 50.2 Å². The predicted molar refractivity (Wildman–Crippen MR) is 232 cm³/mol. The number of aliphatic hydroxyl groups excluding tert-OH is 11. The zero-order chi connectivity index (χ0) is 49.7. The van der Waals surface area contributed by atoms with E-state index in [4.69, 9.17) is 33.2 Å². The highest BCUT2D eigenvalue weighted by Gasteiger charge is 2.71. The van der Waals surface area contributed by atoms with E-state index in [9.17, 15) is 65.8 Å². The van der Waals surface area contributed by atoms with Gasteiger partial charge in [-0.15, -0.1) is 0 Å². The van der Waals surface area contributed by atoms with Crippen molar-refractivity contribution in [3.63, 3.8) is 0 Å². The van der Waals surface area contributed by atoms with Crippen molar-refractivity contribution in [2.45, 2.75) is 191 Å². The molecule has 5 aliphatic carbocycles. The highest BCUT2D eigenvalue weighted by atomic mass is 16.8. The maximum atomic E-state index is 14.8. The zero-order valence-corrected chi connectivity index (χ0v) is 40.0. The summed E-state index contributed by atoms with van der Waals surface area (Å²) < 4.78 is 41.1. The molecular formula is C48H76O20. The number of allylic oxidation sites excluding steroid dienone is 2. The number of fused-ring (bicyclic) bond motifs is 7. The van der Waals surface area contributed by atoms with Crippen LogP contribution in [0.2, 0.25) is 0 Å². The Kier molecular flexibility index (Phi) is 14.5. The van der Waals surface area contributed by atoms with Gasteiger partial charge < -0.3 is 89.3 Å². The van der Waals surface area contributed by atoms with Crippen LogP contribution in [0, 0.1) is 50.2 Å². The summed E-state index contributed by atoms with van der Waals surface area (Å²) in [5, 5.41) is 116. The number of hydrogen-bond acceptors (Lipinski definition) is 20. The molecule has 8 aliphatic rings. The maximum absolute atomic E-state index is 14.8. The van der Waals surface area contributed by atoms with Crippen molar-refractivity contribution in [1.29, 1.82) is 0 Å². The lowest BCUT2D eigenvalue weighted by molar-refractivity contribution is -0.368. The number of carbonyl (C=O) groups excluding carboxylic acids is 2. The lowest BCUT2D eigenvalue weighted by Crippen LogP contribution is -2.67. The molecular weight excluding hydrogens is 897 g/mol. The molecule has 0 aromatic rings. The van der Waals surface area contributed by atoms with Crippen LogP contribution in [0.15, 0.2) is 11.6 Å². The maximum Gasteiger partial charge on any atom is 0.315 e. The standard InChI is InChI=1S/C48H76O20/c1-43(41(60)62-6)13-15-48(42(61)68-39-36(59)34(57)32(55)26(19-50)65-39)16-14-46(4)22(23(48)17-43)7-8-28-44(2)11-10-29(45(3,21-51)27(44)9-12-47(28,46)5)66-40-37(30(53)24(52)20-63-40)67-38-35(58)33(56)31(54)25(18-49)64-38/h7,23-40,49-59H,8-21H2,1-6H3/t23-,24+,25+,26+,27+,28+,29-,30-,31+,32+,33-,34-,35+,36+,37+,38-,39-,40-,43-,44-,45-,46+,47+,48-/m0/s1. The van der Waals surface area contributed by atoms with E-state index in [0.717, 1.165) is 12.0 Å². The Labute approximate surface area is 396 Å². The van der Waals surface area contributed by atoms with E-state index in [1.165, 1.54) is 7.11 Å². The molecule has 0 aromatic carbocycles. The molecule has 20 nitrogen and oxygen atoms in total. The van der Waals surface area contributed by atoms with E-state index >= 15 is 0 Å². The minimum atomic E-state index is -1.79. The Morgan fingerprint density at radius 2 is 1.29 bits per heavy atom. The Morgan fingerprint density at radius 1 is 0.676 bits per heavy atom. The van der Waals surface area contributed by atoms with Crippen LogP contribution in [0.25, 0.3) is 0 Å². The normalized spacial score (nSPS) is 53.7. The number of rotatable bonds is 10. The number of methoxy groups -OCH3 is 1. The number of ether oxygens (including phenoxy) is 7. The molecule has 8 rings (SSSR count). The van der Waals surface area contributed by atoms with Crippen LogP contribution in [0.1, 0.15) is 98.8 Å². The summed E-state index contributed by atoms with van der Waals surface area (Å²) in [4.78, 5) is 28.3. The highest BCUT2D eigenvalue weighted by molar-refractivity contribution is 5.81. The second kappa shape index (κ2) is 18.8. The Morgan fingerprint density at radius 3 is 1.91 bits per heavy atom. The van der Waals surface area contributed by atoms with Gasteiger partial charge in [-0.25, -0.2) is 0 Å². The SMILES string of the molecule is COC(=O)[C@@]1(C)CC[C@]2(C(=O)O[C@@H]3O[C@H](CO)[C@@H](O)[C@H](O)[C@H]3O)CC[C@]3(C)C(=CC[C@@H]4[C@@]5(C)CC[C@H](O[C@@H]6OC[C@@H](O)[C@H](O)[C@H]6O[C@@H]6O[C@H](CO)[C@@H](O)[C@H](O)[C@H]6O)[C@@](C)(CO)[C@@H]5CC[C@]43C)[C@@H]2C1. The molecule has 3 saturated heterocycles. The molecule has 24 atom stereocenters. The van der Waals surface area contributed by atoms with Crippen LogP contribution in [0.5, 0.6) is 0 Å². The van der Waals surface area contributed by atoms with Gasteiger partial charge in [0.05, 0.1) is 50.5 Å². The molecule has 7 fully saturated rings. The topological polar surface area (TPSA) is 321 Å². The van der Waals surface area contributed by atoms with Crippen molar-refractivity contribution in [3.05, 3.63) is 11.6 Å². The first kappa shape index (κ1) is 52.4. The van der Waals surface area contributed by atoms with Gasteiger partial charge in [-0.2, -0.15) is 0 Å². The molecule has 0 bridgehead atoms. The smallest absolute Gasteiger partial charge is 0.315 e. The number of esters is 2. The minimum absolute atomic E-state index is 0.0867. The van der Waals surface area contributed by atoms with E-state index in [1.807, 2.05) is 13.8 Å². The van der Waals surface area contributed by atoms with Crippen LogP contribution >= 0.6 is 0 Å². The van der Waals surface area contributed by atoms with Crippen LogP contribution in [0.3, 0.4) is 0 Å². The molecule has 0 aromatic heterocycles. The van der Waals surface area contributed by atoms with Crippen molar-refractivity contribution >= 4 is 11.9 Å². The lowest BCUT2D eigenvalue weighted by atomic mass is 9.33. The van der Waals surface area contributed by atoms with Crippen LogP contribution in [0.4, 0.5) is 0 Å². The lowest BCUT2D eigenvalue weighted by Gasteiger charge is -2.71. The number of aliphatic hydroxyl groups is 11. The van der Waals surface area contributed by atoms with Gasteiger partial charge in [0.2, 0.25) is 6.29 Å². The van der Waals surface area contributed by atoms with Crippen LogP contribution < -0.4 is 0 Å². The summed E-state index contributed by atoms with van der Waals surface area (Å²) in [6, 6.07) is 0. The van der Waals surface area contributed by atoms with Gasteiger partial charge in [0.1, 0.15) is 67.1 Å². The second-order valence-corrected chi connectivity index (χ2v) is 22.7. The first-order valence-corrected chi connectivity index (χ1v) is 24.5. The molecule has 388 valence electrons. The van der Waals surface area contributed by atoms with Gasteiger partial charge in [-0.05, 0) is 105 Å². The zero-order valence-electron chi connectivity index (χ0n) is 40.0. The van der Waals surface area contributed by atoms with Gasteiger partial charge >= 0.3 is 11.9 Å². The van der Waals surface area contributed by atoms with Crippen LogP contribution in [-0.2, 0) is 42.7 Å². The van der Waals surface area contributed by atoms with Gasteiger partial charge in [-0.3, -0.25) is 9.59 Å². The van der Waals surface area contributed by atoms with Crippen LogP contribution in [-0.4, -0.2) is 194 Å². The molecule has 20 heteroatoms. The van der Waals surface area contributed by atoms with E-state index in [2.05, 4.69) is 26.8 Å². The van der Waals surface area contributed by atoms with Gasteiger partial charge in [0, 0.05) is 5.41 Å². The third-order valence-electron chi connectivity index (χ3n) is 19.5. The Bertz CT molecular complexity index is 1880. The highest BCUT2D eigenvalue weighted by Crippen LogP contribution is 2.76. The first-order valence-electron chi connectivity index (χ1n) is 24.5. The van der Waals surface area contributed by atoms with Crippen molar-refractivity contribution in [2.75, 3.05) is 33.5 Å². The summed E-state index contributed by atoms with van der Waals surface area (Å²) in [6.45, 7) is 8.76. The average molecular weight is 973 g/mol. The van der Waals surface area contributed by atoms with Crippen molar-refractivity contribution in [3.8, 4) is 0 Å². The van der Waals surface area contributed by atoms with E-state index < -0.39 is 139 Å². The third kappa shape index (κ3) is 7.94. The van der Waals surface area contributed by atoms with Crippen molar-refractivity contribution in [1.82, 2.24) is 0 Å². The average Bonchev–Trinajstić information content (AvgIpc) is 3.32. The van der Waals surface area contributed by atoms with Gasteiger partial charge in [0.15, 0.2) is 12.6 Å². The second-order valence-electron chi connectivity index (χ2n) is 22.7. The summed E-state index contributed by atoms with van der Waals surface area (Å²) in [5.41, 5.74) is -3.03. The third-order valence-corrected chi connectivity index (χ3v) is 19.5. The summed E-state index contributed by atoms with van der Waals surface area (Å²) in [7, 11) is 1.35. The molecule has 68 heavy (non-hydrogen) atoms. The van der Waals surface area contributed by atoms with E-state index in [0.29, 0.717) is 51.4 Å². The summed E-state index contributed by atoms with van der Waals surface area (Å²) in [5.74, 6) is -1.51. The Balaban J connectivity index is 1.07. The number of carbonyl (C=O) groups is 2. The minimum Gasteiger partial charge on any atom is -0.469 e. The van der Waals surface area contributed by atoms with Crippen molar-refractivity contribution < 1.29 is 98.9 Å². The molecule has 0 radical (unpaired) electrons. The molecule has 3 heterocycles. The monoisotopic (exact) mass is 972 g/mol. The Hall–Kier alpha value is -1.96. The fourth-order valence-corrected chi connectivity index (χ4v) is 15.0. The van der Waals surface area contributed by atoms with Gasteiger partial charge in [-0.1, -0.05) is 39.3 Å². The largest absolute Gasteiger partial charge is 0.469 e. The molecule has 0 spiro atoms. The predicted octanol–water partition coefficient (Wildman–Crippen LogP) is -1.09. The molecule has 11 N–H and O–H groups in total. The van der Waals surface area contributed by atoms with E-state index in [-0.39, 0.29) is 48.3 Å². The van der Waals surface area contributed by atoms with Gasteiger partial charge in [0.25, 0.3) is 0 Å². The molecule has 0 amide bonds. The fraction of sp³-hybridized carbons (Fsp3) is 0.917. The molecule has 3 aliphatic heterocycles. The quantitative estimate of drug-likeness (QED) is 0.0704. The van der Waals surface area contributed by atoms with E-state index in [1.54, 1.807) is 0 Å². The summed E-state index contributed by atoms with van der Waals surface area (Å²) in [6.07, 6.45) is -15.3. The summed E-state index contributed by atoms with van der Waals surface area (Å²) >= 11 is 0. The molecule has 0 unspecified atom stereocenters. The molecule has 4 saturated carbocycles. The number of hydrogen-bond donors (Lipinski definition) is 11. The fourth-order valence-electron chi connectivity index (χ4n) is 15.0.